The number of amides is 1. The Balaban J connectivity index is 1.70. The molecule has 1 amide bonds. The number of fused-ring (bicyclic) bond motifs is 1. The summed E-state index contributed by atoms with van der Waals surface area (Å²) in [6, 6.07) is 12.2. The molecular weight excluding hydrogens is 410 g/mol. The standard InChI is InChI=1S/C25H28F2N4O/c1-3-14-29-15-13-23-20(16-29)22(28-31(23)24-8-6-5-7-21(24)27)17-30(4-2)25(32)18-9-11-19(26)12-10-18/h5-12H,3-4,13-17H2,1-2H3. The van der Waals surface area contributed by atoms with E-state index in [1.165, 1.54) is 30.3 Å². The first-order chi connectivity index (χ1) is 15.5. The topological polar surface area (TPSA) is 41.4 Å². The second-order valence-electron chi connectivity index (χ2n) is 8.09. The van der Waals surface area contributed by atoms with Gasteiger partial charge in [0.05, 0.1) is 17.9 Å². The van der Waals surface area contributed by atoms with E-state index in [0.717, 1.165) is 49.4 Å². The van der Waals surface area contributed by atoms with Crippen LogP contribution >= 0.6 is 0 Å². The number of rotatable bonds is 7. The Bertz CT molecular complexity index is 1090. The summed E-state index contributed by atoms with van der Waals surface area (Å²) in [6.07, 6.45) is 1.82. The van der Waals surface area contributed by atoms with Crippen LogP contribution < -0.4 is 0 Å². The molecule has 0 unspecified atom stereocenters. The van der Waals surface area contributed by atoms with Gasteiger partial charge in [0, 0.05) is 37.2 Å². The Kier molecular flexibility index (Phi) is 6.65. The smallest absolute Gasteiger partial charge is 0.254 e. The van der Waals surface area contributed by atoms with Crippen molar-refractivity contribution in [2.24, 2.45) is 0 Å². The van der Waals surface area contributed by atoms with Crippen LogP contribution in [0.5, 0.6) is 0 Å². The maximum Gasteiger partial charge on any atom is 0.254 e. The molecule has 0 bridgehead atoms. The summed E-state index contributed by atoms with van der Waals surface area (Å²) in [7, 11) is 0. The maximum atomic E-state index is 14.6. The zero-order valence-electron chi connectivity index (χ0n) is 18.5. The van der Waals surface area contributed by atoms with E-state index in [1.807, 2.05) is 6.92 Å². The third-order valence-corrected chi connectivity index (χ3v) is 5.94. The number of para-hydroxylation sites is 1. The minimum atomic E-state index is -0.377. The lowest BCUT2D eigenvalue weighted by Gasteiger charge is -2.28. The minimum absolute atomic E-state index is 0.178. The van der Waals surface area contributed by atoms with Crippen molar-refractivity contribution in [2.45, 2.75) is 39.8 Å². The van der Waals surface area contributed by atoms with Gasteiger partial charge in [0.25, 0.3) is 5.91 Å². The van der Waals surface area contributed by atoms with Crippen molar-refractivity contribution in [3.63, 3.8) is 0 Å². The highest BCUT2D eigenvalue weighted by atomic mass is 19.1. The van der Waals surface area contributed by atoms with Crippen molar-refractivity contribution in [1.82, 2.24) is 19.6 Å². The minimum Gasteiger partial charge on any atom is -0.333 e. The molecule has 0 aliphatic carbocycles. The summed E-state index contributed by atoms with van der Waals surface area (Å²) in [4.78, 5) is 17.1. The number of hydrogen-bond donors (Lipinski definition) is 0. The third kappa shape index (κ3) is 4.43. The number of carbonyl (C=O) groups excluding carboxylic acids is 1. The largest absolute Gasteiger partial charge is 0.333 e. The summed E-state index contributed by atoms with van der Waals surface area (Å²) in [5, 5.41) is 4.79. The third-order valence-electron chi connectivity index (χ3n) is 5.94. The van der Waals surface area contributed by atoms with Gasteiger partial charge in [-0.15, -0.1) is 0 Å². The first kappa shape index (κ1) is 22.1. The Hall–Kier alpha value is -3.06. The molecule has 5 nitrogen and oxygen atoms in total. The highest BCUT2D eigenvalue weighted by Gasteiger charge is 2.28. The van der Waals surface area contributed by atoms with Crippen LogP contribution in [0, 0.1) is 11.6 Å². The van der Waals surface area contributed by atoms with Gasteiger partial charge >= 0.3 is 0 Å². The van der Waals surface area contributed by atoms with Gasteiger partial charge < -0.3 is 4.90 Å². The fourth-order valence-electron chi connectivity index (χ4n) is 4.28. The number of carbonyl (C=O) groups is 1. The lowest BCUT2D eigenvalue weighted by atomic mass is 10.0. The highest BCUT2D eigenvalue weighted by Crippen LogP contribution is 2.27. The summed E-state index contributed by atoms with van der Waals surface area (Å²) in [5.74, 6) is -0.878. The van der Waals surface area contributed by atoms with E-state index < -0.39 is 0 Å². The van der Waals surface area contributed by atoms with E-state index in [-0.39, 0.29) is 17.5 Å². The second kappa shape index (κ2) is 9.61. The van der Waals surface area contributed by atoms with E-state index in [0.29, 0.717) is 24.3 Å². The average molecular weight is 439 g/mol. The molecule has 168 valence electrons. The van der Waals surface area contributed by atoms with Crippen molar-refractivity contribution in [2.75, 3.05) is 19.6 Å². The zero-order chi connectivity index (χ0) is 22.7. The predicted molar refractivity (Wildman–Crippen MR) is 120 cm³/mol. The lowest BCUT2D eigenvalue weighted by molar-refractivity contribution is 0.0749. The average Bonchev–Trinajstić information content (AvgIpc) is 3.15. The van der Waals surface area contributed by atoms with E-state index in [4.69, 9.17) is 5.10 Å². The van der Waals surface area contributed by atoms with E-state index in [9.17, 15) is 13.6 Å². The van der Waals surface area contributed by atoms with Gasteiger partial charge in [-0.05, 0) is 56.3 Å². The molecule has 0 N–H and O–H groups in total. The Labute approximate surface area is 187 Å². The second-order valence-corrected chi connectivity index (χ2v) is 8.09. The zero-order valence-corrected chi connectivity index (χ0v) is 18.5. The van der Waals surface area contributed by atoms with Crippen LogP contribution in [0.4, 0.5) is 8.78 Å². The SMILES string of the molecule is CCCN1CCc2c(c(CN(CC)C(=O)c3ccc(F)cc3)nn2-c2ccccc2F)C1. The first-order valence-electron chi connectivity index (χ1n) is 11.1. The number of aromatic nitrogens is 2. The van der Waals surface area contributed by atoms with E-state index >= 15 is 0 Å². The molecule has 3 aromatic rings. The monoisotopic (exact) mass is 438 g/mol. The van der Waals surface area contributed by atoms with Gasteiger partial charge in [-0.25, -0.2) is 13.5 Å². The normalized spacial score (nSPS) is 13.8. The van der Waals surface area contributed by atoms with Crippen LogP contribution in [-0.4, -0.2) is 45.1 Å². The van der Waals surface area contributed by atoms with Crippen LogP contribution in [0.3, 0.4) is 0 Å². The fraction of sp³-hybridized carbons (Fsp3) is 0.360. The maximum absolute atomic E-state index is 14.6. The molecular formula is C25H28F2N4O. The van der Waals surface area contributed by atoms with Crippen molar-refractivity contribution >= 4 is 5.91 Å². The molecule has 4 rings (SSSR count). The molecule has 32 heavy (non-hydrogen) atoms. The van der Waals surface area contributed by atoms with E-state index in [2.05, 4.69) is 11.8 Å². The van der Waals surface area contributed by atoms with Crippen LogP contribution in [0.2, 0.25) is 0 Å². The predicted octanol–water partition coefficient (Wildman–Crippen LogP) is 4.58. The van der Waals surface area contributed by atoms with Crippen molar-refractivity contribution in [3.8, 4) is 5.69 Å². The van der Waals surface area contributed by atoms with E-state index in [1.54, 1.807) is 27.8 Å². The number of benzene rings is 2. The van der Waals surface area contributed by atoms with Crippen molar-refractivity contribution < 1.29 is 13.6 Å². The van der Waals surface area contributed by atoms with Crippen LogP contribution in [0.25, 0.3) is 5.69 Å². The fourth-order valence-corrected chi connectivity index (χ4v) is 4.28. The Morgan fingerprint density at radius 1 is 1.09 bits per heavy atom. The van der Waals surface area contributed by atoms with Gasteiger partial charge in [-0.3, -0.25) is 9.69 Å². The van der Waals surface area contributed by atoms with Crippen LogP contribution in [0.1, 0.15) is 47.6 Å². The molecule has 2 heterocycles. The molecule has 0 spiro atoms. The summed E-state index contributed by atoms with van der Waals surface area (Å²) >= 11 is 0. The Morgan fingerprint density at radius 3 is 2.53 bits per heavy atom. The molecule has 1 aliphatic heterocycles. The molecule has 0 saturated carbocycles. The Morgan fingerprint density at radius 2 is 1.84 bits per heavy atom. The molecule has 1 aliphatic rings. The van der Waals surface area contributed by atoms with Gasteiger partial charge in [0.2, 0.25) is 0 Å². The van der Waals surface area contributed by atoms with Gasteiger partial charge in [0.15, 0.2) is 0 Å². The van der Waals surface area contributed by atoms with Crippen LogP contribution in [-0.2, 0) is 19.5 Å². The van der Waals surface area contributed by atoms with Gasteiger partial charge in [-0.2, -0.15) is 5.10 Å². The lowest BCUT2D eigenvalue weighted by Crippen LogP contribution is -2.33. The number of hydrogen-bond acceptors (Lipinski definition) is 3. The highest BCUT2D eigenvalue weighted by molar-refractivity contribution is 5.94. The molecule has 0 atom stereocenters. The van der Waals surface area contributed by atoms with Crippen molar-refractivity contribution in [1.29, 1.82) is 0 Å². The van der Waals surface area contributed by atoms with Crippen molar-refractivity contribution in [3.05, 3.63) is 82.7 Å². The molecule has 0 saturated heterocycles. The molecule has 7 heteroatoms. The molecule has 0 radical (unpaired) electrons. The summed E-state index contributed by atoms with van der Waals surface area (Å²) in [5.41, 5.74) is 3.71. The first-order valence-corrected chi connectivity index (χ1v) is 11.1. The number of halogens is 2. The van der Waals surface area contributed by atoms with Gasteiger partial charge in [-0.1, -0.05) is 19.1 Å². The molecule has 2 aromatic carbocycles. The number of nitrogens with zero attached hydrogens (tertiary/aromatic N) is 4. The molecule has 1 aromatic heterocycles. The van der Waals surface area contributed by atoms with Gasteiger partial charge in [0.1, 0.15) is 17.3 Å². The molecule has 0 fully saturated rings. The summed E-state index contributed by atoms with van der Waals surface area (Å²) in [6.45, 7) is 7.47. The summed E-state index contributed by atoms with van der Waals surface area (Å²) < 4.78 is 29.6. The van der Waals surface area contributed by atoms with Crippen LogP contribution in [0.15, 0.2) is 48.5 Å². The quantitative estimate of drug-likeness (QED) is 0.542.